The van der Waals surface area contributed by atoms with Crippen molar-refractivity contribution < 1.29 is 9.59 Å². The Morgan fingerprint density at radius 1 is 1.24 bits per heavy atom. The molecule has 1 aromatic carbocycles. The number of nitrogens with zero attached hydrogens (tertiary/aromatic N) is 2. The fourth-order valence-corrected chi connectivity index (χ4v) is 3.80. The van der Waals surface area contributed by atoms with Crippen molar-refractivity contribution in [3.8, 4) is 0 Å². The summed E-state index contributed by atoms with van der Waals surface area (Å²) < 4.78 is 0.736. The van der Waals surface area contributed by atoms with Crippen LogP contribution in [-0.2, 0) is 4.79 Å². The second-order valence-electron chi connectivity index (χ2n) is 6.27. The largest absolute Gasteiger partial charge is 0.340 e. The zero-order valence-electron chi connectivity index (χ0n) is 14.8. The maximum Gasteiger partial charge on any atom is 0.253 e. The van der Waals surface area contributed by atoms with Crippen molar-refractivity contribution in [1.29, 1.82) is 0 Å². The minimum atomic E-state index is -0.476. The van der Waals surface area contributed by atoms with E-state index in [1.165, 1.54) is 0 Å². The number of carbonyl (C=O) groups is 2. The number of halogens is 1. The van der Waals surface area contributed by atoms with E-state index in [0.717, 1.165) is 42.8 Å². The number of hydrogen-bond acceptors (Lipinski definition) is 4. The van der Waals surface area contributed by atoms with Gasteiger partial charge in [-0.25, -0.2) is 0 Å². The van der Waals surface area contributed by atoms with Crippen LogP contribution >= 0.6 is 27.7 Å². The van der Waals surface area contributed by atoms with Gasteiger partial charge >= 0.3 is 0 Å². The first-order valence-corrected chi connectivity index (χ1v) is 10.7. The fourth-order valence-electron chi connectivity index (χ4n) is 2.86. The van der Waals surface area contributed by atoms with Crippen LogP contribution in [0.2, 0.25) is 0 Å². The Hall–Kier alpha value is -1.05. The molecule has 1 saturated heterocycles. The number of carbonyl (C=O) groups excluding carboxylic acids is 2. The van der Waals surface area contributed by atoms with E-state index in [1.54, 1.807) is 17.8 Å². The number of likely N-dealkylation sites (N-methyl/N-ethyl adjacent to an activating group) is 1. The van der Waals surface area contributed by atoms with E-state index >= 15 is 0 Å². The lowest BCUT2D eigenvalue weighted by Gasteiger charge is -2.27. The molecule has 1 aliphatic heterocycles. The monoisotopic (exact) mass is 427 g/mol. The van der Waals surface area contributed by atoms with Crippen LogP contribution in [0.15, 0.2) is 28.7 Å². The molecule has 0 aliphatic carbocycles. The second kappa shape index (κ2) is 10.2. The minimum Gasteiger partial charge on any atom is -0.340 e. The molecule has 2 amide bonds. The van der Waals surface area contributed by atoms with E-state index in [0.29, 0.717) is 12.0 Å². The van der Waals surface area contributed by atoms with E-state index in [2.05, 4.69) is 33.2 Å². The third-order valence-electron chi connectivity index (χ3n) is 4.36. The molecule has 0 spiro atoms. The zero-order valence-corrected chi connectivity index (χ0v) is 17.2. The Morgan fingerprint density at radius 2 is 2.00 bits per heavy atom. The molecular formula is C18H26BrN3O2S. The first-order chi connectivity index (χ1) is 12.0. The highest BCUT2D eigenvalue weighted by atomic mass is 79.9. The first kappa shape index (κ1) is 20.3. The number of nitrogens with one attached hydrogen (secondary N) is 1. The Morgan fingerprint density at radius 3 is 2.72 bits per heavy atom. The smallest absolute Gasteiger partial charge is 0.253 e. The molecule has 1 atom stereocenters. The van der Waals surface area contributed by atoms with Gasteiger partial charge in [0.1, 0.15) is 6.04 Å². The molecule has 138 valence electrons. The second-order valence-corrected chi connectivity index (χ2v) is 8.11. The predicted octanol–water partition coefficient (Wildman–Crippen LogP) is 2.46. The van der Waals surface area contributed by atoms with Crippen LogP contribution in [0.4, 0.5) is 0 Å². The van der Waals surface area contributed by atoms with Crippen LogP contribution in [0.1, 0.15) is 23.2 Å². The SMILES string of the molecule is CSCC[C@@H](NC(=O)c1ccccc1Br)C(=O)N1CCCN(C)CC1. The molecule has 0 aromatic heterocycles. The van der Waals surface area contributed by atoms with Crippen molar-refractivity contribution in [3.63, 3.8) is 0 Å². The summed E-state index contributed by atoms with van der Waals surface area (Å²) in [7, 11) is 2.08. The topological polar surface area (TPSA) is 52.7 Å². The van der Waals surface area contributed by atoms with Crippen LogP contribution < -0.4 is 5.32 Å². The van der Waals surface area contributed by atoms with Gasteiger partial charge in [-0.2, -0.15) is 11.8 Å². The summed E-state index contributed by atoms with van der Waals surface area (Å²) >= 11 is 5.09. The van der Waals surface area contributed by atoms with E-state index in [-0.39, 0.29) is 11.8 Å². The van der Waals surface area contributed by atoms with E-state index in [9.17, 15) is 9.59 Å². The molecular weight excluding hydrogens is 402 g/mol. The maximum atomic E-state index is 13.0. The molecule has 0 saturated carbocycles. The summed E-state index contributed by atoms with van der Waals surface area (Å²) in [6.07, 6.45) is 3.62. The van der Waals surface area contributed by atoms with Gasteiger partial charge in [-0.1, -0.05) is 12.1 Å². The van der Waals surface area contributed by atoms with Gasteiger partial charge in [0.25, 0.3) is 5.91 Å². The van der Waals surface area contributed by atoms with Gasteiger partial charge in [0.05, 0.1) is 5.56 Å². The van der Waals surface area contributed by atoms with Crippen LogP contribution in [0.5, 0.6) is 0 Å². The van der Waals surface area contributed by atoms with Crippen molar-refractivity contribution in [1.82, 2.24) is 15.1 Å². The van der Waals surface area contributed by atoms with Crippen LogP contribution in [-0.4, -0.2) is 72.9 Å². The number of amides is 2. The van der Waals surface area contributed by atoms with Gasteiger partial charge in [-0.15, -0.1) is 0 Å². The van der Waals surface area contributed by atoms with Gasteiger partial charge in [0, 0.05) is 24.1 Å². The molecule has 7 heteroatoms. The molecule has 5 nitrogen and oxygen atoms in total. The summed E-state index contributed by atoms with van der Waals surface area (Å²) in [4.78, 5) is 29.7. The summed E-state index contributed by atoms with van der Waals surface area (Å²) in [5.41, 5.74) is 0.556. The van der Waals surface area contributed by atoms with Gasteiger partial charge in [0.2, 0.25) is 5.91 Å². The van der Waals surface area contributed by atoms with E-state index < -0.39 is 6.04 Å². The van der Waals surface area contributed by atoms with Crippen LogP contribution in [0.3, 0.4) is 0 Å². The van der Waals surface area contributed by atoms with E-state index in [1.807, 2.05) is 29.4 Å². The normalized spacial score (nSPS) is 17.0. The molecule has 0 radical (unpaired) electrons. The zero-order chi connectivity index (χ0) is 18.2. The van der Waals surface area contributed by atoms with Crippen molar-refractivity contribution in [2.45, 2.75) is 18.9 Å². The van der Waals surface area contributed by atoms with Gasteiger partial charge in [-0.05, 0) is 66.5 Å². The lowest BCUT2D eigenvalue weighted by molar-refractivity contribution is -0.133. The molecule has 1 aromatic rings. The molecule has 25 heavy (non-hydrogen) atoms. The molecule has 1 N–H and O–H groups in total. The standard InChI is InChI=1S/C18H26BrN3O2S/c1-21-9-5-10-22(12-11-21)18(24)16(8-13-25-2)20-17(23)14-6-3-4-7-15(14)19/h3-4,6-7,16H,5,8-13H2,1-2H3,(H,20,23)/t16-/m1/s1. The van der Waals surface area contributed by atoms with Gasteiger partial charge in [-0.3, -0.25) is 9.59 Å². The summed E-state index contributed by atoms with van der Waals surface area (Å²) in [5, 5.41) is 2.95. The Bertz CT molecular complexity index is 599. The average Bonchev–Trinajstić information content (AvgIpc) is 2.82. The molecule has 0 bridgehead atoms. The van der Waals surface area contributed by atoms with Gasteiger partial charge in [0.15, 0.2) is 0 Å². The molecule has 1 heterocycles. The van der Waals surface area contributed by atoms with Crippen LogP contribution in [0, 0.1) is 0 Å². The van der Waals surface area contributed by atoms with Crippen molar-refractivity contribution >= 4 is 39.5 Å². The lowest BCUT2D eigenvalue weighted by Crippen LogP contribution is -2.49. The third kappa shape index (κ3) is 6.01. The first-order valence-electron chi connectivity index (χ1n) is 8.54. The third-order valence-corrected chi connectivity index (χ3v) is 5.70. The highest BCUT2D eigenvalue weighted by Crippen LogP contribution is 2.16. The number of rotatable bonds is 6. The lowest BCUT2D eigenvalue weighted by atomic mass is 10.1. The molecule has 1 fully saturated rings. The number of hydrogen-bond donors (Lipinski definition) is 1. The predicted molar refractivity (Wildman–Crippen MR) is 107 cm³/mol. The maximum absolute atomic E-state index is 13.0. The molecule has 2 rings (SSSR count). The minimum absolute atomic E-state index is 0.0322. The van der Waals surface area contributed by atoms with Gasteiger partial charge < -0.3 is 15.1 Å². The van der Waals surface area contributed by atoms with Crippen molar-refractivity contribution in [2.24, 2.45) is 0 Å². The highest BCUT2D eigenvalue weighted by molar-refractivity contribution is 9.10. The summed E-state index contributed by atoms with van der Waals surface area (Å²) in [6.45, 7) is 3.35. The van der Waals surface area contributed by atoms with Crippen LogP contribution in [0.25, 0.3) is 0 Å². The summed E-state index contributed by atoms with van der Waals surface area (Å²) in [6, 6.07) is 6.80. The fraction of sp³-hybridized carbons (Fsp3) is 0.556. The summed E-state index contributed by atoms with van der Waals surface area (Å²) in [5.74, 6) is 0.657. The number of benzene rings is 1. The Balaban J connectivity index is 2.08. The quantitative estimate of drug-likeness (QED) is 0.757. The van der Waals surface area contributed by atoms with Crippen molar-refractivity contribution in [3.05, 3.63) is 34.3 Å². The number of thioether (sulfide) groups is 1. The highest BCUT2D eigenvalue weighted by Gasteiger charge is 2.27. The van der Waals surface area contributed by atoms with E-state index in [4.69, 9.17) is 0 Å². The average molecular weight is 428 g/mol. The molecule has 0 unspecified atom stereocenters. The Kier molecular flexibility index (Phi) is 8.26. The molecule has 1 aliphatic rings. The van der Waals surface area contributed by atoms with Crippen molar-refractivity contribution in [2.75, 3.05) is 45.2 Å². The Labute approximate surface area is 162 Å².